The van der Waals surface area contributed by atoms with Crippen molar-refractivity contribution in [2.45, 2.75) is 37.3 Å². The van der Waals surface area contributed by atoms with Gasteiger partial charge in [0.1, 0.15) is 28.8 Å². The molecule has 19 heteroatoms. The predicted octanol–water partition coefficient (Wildman–Crippen LogP) is 1.85. The molecule has 5 rings (SSSR count). The fraction of sp³-hybridized carbons (Fsp3) is 0.345. The number of rotatable bonds is 13. The molecule has 1 atom stereocenters. The fourth-order valence-corrected chi connectivity index (χ4v) is 5.71. The number of carboxylic acids is 3. The van der Waals surface area contributed by atoms with Crippen LogP contribution in [0.5, 0.6) is 17.2 Å². The third-order valence-corrected chi connectivity index (χ3v) is 8.02. The molecule has 0 bridgehead atoms. The number of hydrogen-bond donors (Lipinski definition) is 6. The maximum atomic E-state index is 11.9. The molecule has 1 amide bonds. The summed E-state index contributed by atoms with van der Waals surface area (Å²) >= 11 is 1.51. The Morgan fingerprint density at radius 3 is 2.23 bits per heavy atom. The standard InChI is InChI=1S/C23H25N7O4S.C6H8O7/c1-32-16-9-13(10-17(33-2)19(16)34-3)29-11-18(25-12-29)26-21-14-6-8-35-22(14)28-23(27-21)30-7-4-5-15(30)20(24)31;7-3(8)1-6(13,5(11)12)2-4(9)10/h6,8-12,15H,4-5,7H2,1-3H3,(H2,24,31)(H,26,27,28);13H,1-2H2,(H,7,8)(H,9,10)(H,11,12)/t15-;/m0./s1. The number of ether oxygens (including phenoxy) is 3. The highest BCUT2D eigenvalue weighted by Crippen LogP contribution is 2.39. The number of thiophene rings is 1. The Bertz CT molecular complexity index is 1780. The first kappa shape index (κ1) is 35.2. The second-order valence-electron chi connectivity index (χ2n) is 10.4. The Hall–Kier alpha value is -5.69. The van der Waals surface area contributed by atoms with Crippen LogP contribution < -0.4 is 30.2 Å². The summed E-state index contributed by atoms with van der Waals surface area (Å²) in [6, 6.07) is 5.23. The minimum absolute atomic E-state index is 0.365. The molecule has 4 heterocycles. The number of aromatic nitrogens is 4. The van der Waals surface area contributed by atoms with Gasteiger partial charge in [0.25, 0.3) is 0 Å². The Balaban J connectivity index is 0.000000341. The van der Waals surface area contributed by atoms with Crippen LogP contribution in [0.4, 0.5) is 17.6 Å². The number of nitrogens with zero attached hydrogens (tertiary/aromatic N) is 5. The maximum absolute atomic E-state index is 11.9. The van der Waals surface area contributed by atoms with Crippen molar-refractivity contribution in [1.82, 2.24) is 19.5 Å². The second kappa shape index (κ2) is 14.8. The molecular formula is C29H33N7O11S. The molecule has 1 fully saturated rings. The number of benzene rings is 1. The summed E-state index contributed by atoms with van der Waals surface area (Å²) in [6.07, 6.45) is 2.79. The summed E-state index contributed by atoms with van der Waals surface area (Å²) in [5.41, 5.74) is 3.65. The topological polar surface area (TPSA) is 262 Å². The lowest BCUT2D eigenvalue weighted by Gasteiger charge is -2.22. The molecule has 1 saturated heterocycles. The number of hydrogen-bond acceptors (Lipinski definition) is 14. The van der Waals surface area contributed by atoms with Crippen molar-refractivity contribution in [1.29, 1.82) is 0 Å². The third-order valence-electron chi connectivity index (χ3n) is 7.21. The maximum Gasteiger partial charge on any atom is 0.336 e. The molecule has 0 aliphatic carbocycles. The number of nitrogens with one attached hydrogen (secondary N) is 1. The highest BCUT2D eigenvalue weighted by atomic mass is 32.1. The van der Waals surface area contributed by atoms with Crippen molar-refractivity contribution >= 4 is 63.0 Å². The number of carbonyl (C=O) groups is 4. The zero-order valence-corrected chi connectivity index (χ0v) is 26.8. The van der Waals surface area contributed by atoms with Gasteiger partial charge in [-0.25, -0.2) is 14.8 Å². The molecule has 0 saturated carbocycles. The minimum Gasteiger partial charge on any atom is -0.493 e. The van der Waals surface area contributed by atoms with Crippen molar-refractivity contribution in [2.24, 2.45) is 5.73 Å². The quantitative estimate of drug-likeness (QED) is 0.117. The number of fused-ring (bicyclic) bond motifs is 1. The van der Waals surface area contributed by atoms with Crippen LogP contribution in [0.3, 0.4) is 0 Å². The molecule has 1 aliphatic rings. The Labute approximate surface area is 276 Å². The number of methoxy groups -OCH3 is 3. The lowest BCUT2D eigenvalue weighted by atomic mass is 9.96. The van der Waals surface area contributed by atoms with Crippen LogP contribution in [-0.4, -0.2) is 103 Å². The van der Waals surface area contributed by atoms with Crippen LogP contribution in [0.2, 0.25) is 0 Å². The summed E-state index contributed by atoms with van der Waals surface area (Å²) in [5, 5.41) is 39.9. The summed E-state index contributed by atoms with van der Waals surface area (Å²) in [7, 11) is 4.71. The number of carbonyl (C=O) groups excluding carboxylic acids is 1. The summed E-state index contributed by atoms with van der Waals surface area (Å²) in [4.78, 5) is 59.0. The number of nitrogens with two attached hydrogens (primary N) is 1. The number of anilines is 3. The largest absolute Gasteiger partial charge is 0.493 e. The monoisotopic (exact) mass is 687 g/mol. The van der Waals surface area contributed by atoms with Gasteiger partial charge in [-0.2, -0.15) is 4.98 Å². The van der Waals surface area contributed by atoms with E-state index in [0.29, 0.717) is 47.8 Å². The molecule has 48 heavy (non-hydrogen) atoms. The Morgan fingerprint density at radius 2 is 1.69 bits per heavy atom. The average molecular weight is 688 g/mol. The van der Waals surface area contributed by atoms with Crippen molar-refractivity contribution in [3.8, 4) is 22.9 Å². The van der Waals surface area contributed by atoms with E-state index < -0.39 is 42.4 Å². The molecule has 256 valence electrons. The van der Waals surface area contributed by atoms with Gasteiger partial charge in [-0.15, -0.1) is 11.3 Å². The molecule has 18 nitrogen and oxygen atoms in total. The van der Waals surface area contributed by atoms with Gasteiger partial charge in [0, 0.05) is 18.7 Å². The molecule has 0 unspecified atom stereocenters. The van der Waals surface area contributed by atoms with Crippen molar-refractivity contribution in [2.75, 3.05) is 38.1 Å². The first-order valence-electron chi connectivity index (χ1n) is 14.1. The predicted molar refractivity (Wildman–Crippen MR) is 171 cm³/mol. The van der Waals surface area contributed by atoms with Crippen LogP contribution in [0.1, 0.15) is 25.7 Å². The molecule has 1 aromatic carbocycles. The van der Waals surface area contributed by atoms with E-state index >= 15 is 0 Å². The van der Waals surface area contributed by atoms with E-state index in [2.05, 4.69) is 15.3 Å². The van der Waals surface area contributed by atoms with E-state index in [9.17, 15) is 19.2 Å². The van der Waals surface area contributed by atoms with Crippen LogP contribution in [0, 0.1) is 0 Å². The molecule has 0 radical (unpaired) electrons. The van der Waals surface area contributed by atoms with Gasteiger partial charge in [0.15, 0.2) is 17.1 Å². The zero-order valence-electron chi connectivity index (χ0n) is 25.9. The lowest BCUT2D eigenvalue weighted by Crippen LogP contribution is -2.42. The van der Waals surface area contributed by atoms with Crippen molar-refractivity contribution in [3.63, 3.8) is 0 Å². The van der Waals surface area contributed by atoms with Gasteiger partial charge in [-0.3, -0.25) is 14.4 Å². The zero-order chi connectivity index (χ0) is 35.2. The molecular weight excluding hydrogens is 654 g/mol. The third kappa shape index (κ3) is 7.81. The summed E-state index contributed by atoms with van der Waals surface area (Å²) in [5.74, 6) is -2.11. The first-order valence-corrected chi connectivity index (χ1v) is 15.0. The van der Waals surface area contributed by atoms with Gasteiger partial charge >= 0.3 is 17.9 Å². The SMILES string of the molecule is COc1cc(-n2cnc(Nc3nc(N4CCC[C@H]4C(N)=O)nc4sccc34)c2)cc(OC)c1OC.O=C(O)CC(O)(CC(=O)O)C(=O)O. The van der Waals surface area contributed by atoms with Gasteiger partial charge < -0.3 is 55.2 Å². The molecule has 4 aromatic rings. The van der Waals surface area contributed by atoms with E-state index in [1.165, 1.54) is 11.3 Å². The highest BCUT2D eigenvalue weighted by molar-refractivity contribution is 7.16. The van der Waals surface area contributed by atoms with Crippen LogP contribution in [0.25, 0.3) is 15.9 Å². The van der Waals surface area contributed by atoms with Gasteiger partial charge in [-0.05, 0) is 24.3 Å². The Kier molecular flexibility index (Phi) is 10.9. The number of aliphatic hydroxyl groups is 1. The Morgan fingerprint density at radius 1 is 1.04 bits per heavy atom. The van der Waals surface area contributed by atoms with Crippen molar-refractivity contribution in [3.05, 3.63) is 36.1 Å². The van der Waals surface area contributed by atoms with Crippen molar-refractivity contribution < 1.29 is 53.8 Å². The van der Waals surface area contributed by atoms with E-state index in [1.807, 2.05) is 39.2 Å². The summed E-state index contributed by atoms with van der Waals surface area (Å²) < 4.78 is 18.2. The number of aliphatic carboxylic acids is 3. The number of amides is 1. The number of imidazole rings is 1. The number of primary amides is 1. The first-order chi connectivity index (χ1) is 22.8. The number of carboxylic acid groups (broad SMARTS) is 3. The van der Waals surface area contributed by atoms with Crippen LogP contribution >= 0.6 is 11.3 Å². The van der Waals surface area contributed by atoms with Crippen LogP contribution in [-0.2, 0) is 19.2 Å². The molecule has 1 aliphatic heterocycles. The van der Waals surface area contributed by atoms with Gasteiger partial charge in [0.05, 0.1) is 51.4 Å². The fourth-order valence-electron chi connectivity index (χ4n) is 4.95. The molecule has 3 aromatic heterocycles. The molecule has 7 N–H and O–H groups in total. The average Bonchev–Trinajstić information content (AvgIpc) is 3.81. The normalized spacial score (nSPS) is 14.2. The van der Waals surface area contributed by atoms with E-state index in [4.69, 9.17) is 45.4 Å². The van der Waals surface area contributed by atoms with Gasteiger partial charge in [0.2, 0.25) is 17.6 Å². The molecule has 0 spiro atoms. The minimum atomic E-state index is -2.74. The summed E-state index contributed by atoms with van der Waals surface area (Å²) in [6.45, 7) is 0.680. The second-order valence-corrected chi connectivity index (χ2v) is 11.3. The van der Waals surface area contributed by atoms with E-state index in [1.54, 1.807) is 27.7 Å². The lowest BCUT2D eigenvalue weighted by molar-refractivity contribution is -0.170. The van der Waals surface area contributed by atoms with E-state index in [-0.39, 0.29) is 5.91 Å². The van der Waals surface area contributed by atoms with Gasteiger partial charge in [-0.1, -0.05) is 0 Å². The van der Waals surface area contributed by atoms with E-state index in [0.717, 1.165) is 22.3 Å². The smallest absolute Gasteiger partial charge is 0.336 e. The van der Waals surface area contributed by atoms with Crippen LogP contribution in [0.15, 0.2) is 36.1 Å². The highest BCUT2D eigenvalue weighted by Gasteiger charge is 2.40.